The van der Waals surface area contributed by atoms with E-state index in [1.807, 2.05) is 31.2 Å². The largest absolute Gasteiger partial charge is 0.481 e. The van der Waals surface area contributed by atoms with Crippen molar-refractivity contribution in [3.05, 3.63) is 71.9 Å². The number of carbonyl (C=O) groups is 5. The fourth-order valence-corrected chi connectivity index (χ4v) is 4.49. The molecule has 42 heavy (non-hydrogen) atoms. The lowest BCUT2D eigenvalue weighted by molar-refractivity contribution is -0.143. The zero-order valence-corrected chi connectivity index (χ0v) is 23.5. The van der Waals surface area contributed by atoms with Gasteiger partial charge in [-0.05, 0) is 23.1 Å². The molecule has 5 atom stereocenters. The number of hydrogen-bond acceptors (Lipinski definition) is 6. The standard InChI is InChI=1S/C30H37N5O7/c1-3-17(2)26(31)29(40)34-22(14-19-16-32-21-12-8-7-11-20(19)21)27(38)33-23(15-25(36)37)28(39)35-24(30(41)42)13-18-9-5-4-6-10-18/h4-12,16-17,22-24,26,32H,3,13-15,31H2,1-2H3,(H,33,38)(H,34,40)(H,35,39)(H,36,37)(H,41,42). The Balaban J connectivity index is 1.83. The Bertz CT molecular complexity index is 1410. The number of carboxylic acid groups (broad SMARTS) is 2. The molecule has 0 aliphatic heterocycles. The van der Waals surface area contributed by atoms with Gasteiger partial charge >= 0.3 is 11.9 Å². The van der Waals surface area contributed by atoms with Crippen molar-refractivity contribution in [1.82, 2.24) is 20.9 Å². The summed E-state index contributed by atoms with van der Waals surface area (Å²) >= 11 is 0. The molecule has 0 aliphatic rings. The Morgan fingerprint density at radius 2 is 1.40 bits per heavy atom. The number of nitrogens with one attached hydrogen (secondary N) is 4. The molecule has 8 N–H and O–H groups in total. The van der Waals surface area contributed by atoms with Crippen molar-refractivity contribution < 1.29 is 34.2 Å². The highest BCUT2D eigenvalue weighted by Gasteiger charge is 2.32. The average Bonchev–Trinajstić information content (AvgIpc) is 3.38. The Morgan fingerprint density at radius 3 is 2.05 bits per heavy atom. The first-order chi connectivity index (χ1) is 20.0. The predicted molar refractivity (Wildman–Crippen MR) is 155 cm³/mol. The van der Waals surface area contributed by atoms with Crippen LogP contribution in [0.2, 0.25) is 0 Å². The van der Waals surface area contributed by atoms with Crippen LogP contribution in [-0.4, -0.2) is 69.0 Å². The summed E-state index contributed by atoms with van der Waals surface area (Å²) in [5.41, 5.74) is 8.26. The van der Waals surface area contributed by atoms with Crippen molar-refractivity contribution >= 4 is 40.6 Å². The van der Waals surface area contributed by atoms with Crippen molar-refractivity contribution in [2.75, 3.05) is 0 Å². The third-order valence-corrected chi connectivity index (χ3v) is 7.20. The fourth-order valence-electron chi connectivity index (χ4n) is 4.49. The quantitative estimate of drug-likeness (QED) is 0.140. The van der Waals surface area contributed by atoms with Gasteiger partial charge in [0, 0.05) is 29.9 Å². The van der Waals surface area contributed by atoms with Crippen LogP contribution >= 0.6 is 0 Å². The Hall–Kier alpha value is -4.71. The summed E-state index contributed by atoms with van der Waals surface area (Å²) in [5, 5.41) is 27.4. The number of aliphatic carboxylic acids is 2. The van der Waals surface area contributed by atoms with Crippen LogP contribution < -0.4 is 21.7 Å². The number of carbonyl (C=O) groups excluding carboxylic acids is 3. The first kappa shape index (κ1) is 31.8. The molecule has 3 rings (SSSR count). The number of para-hydroxylation sites is 1. The number of rotatable bonds is 15. The van der Waals surface area contributed by atoms with Crippen LogP contribution in [0.15, 0.2) is 60.8 Å². The number of H-pyrrole nitrogens is 1. The van der Waals surface area contributed by atoms with Gasteiger partial charge in [0.15, 0.2) is 0 Å². The third kappa shape index (κ3) is 8.64. The van der Waals surface area contributed by atoms with Gasteiger partial charge in [-0.2, -0.15) is 0 Å². The lowest BCUT2D eigenvalue weighted by atomic mass is 9.98. The smallest absolute Gasteiger partial charge is 0.326 e. The summed E-state index contributed by atoms with van der Waals surface area (Å²) in [6, 6.07) is 10.9. The van der Waals surface area contributed by atoms with E-state index in [1.54, 1.807) is 43.5 Å². The highest BCUT2D eigenvalue weighted by atomic mass is 16.4. The molecular formula is C30H37N5O7. The van der Waals surface area contributed by atoms with Crippen molar-refractivity contribution in [2.24, 2.45) is 11.7 Å². The summed E-state index contributed by atoms with van der Waals surface area (Å²) in [6.07, 6.45) is 1.48. The summed E-state index contributed by atoms with van der Waals surface area (Å²) in [4.78, 5) is 66.3. The zero-order chi connectivity index (χ0) is 30.8. The van der Waals surface area contributed by atoms with Crippen LogP contribution in [0.5, 0.6) is 0 Å². The van der Waals surface area contributed by atoms with Crippen LogP contribution in [0.4, 0.5) is 0 Å². The van der Waals surface area contributed by atoms with Crippen LogP contribution in [0.25, 0.3) is 10.9 Å². The van der Waals surface area contributed by atoms with Gasteiger partial charge in [-0.25, -0.2) is 4.79 Å². The number of amides is 3. The second-order valence-electron chi connectivity index (χ2n) is 10.3. The first-order valence-corrected chi connectivity index (χ1v) is 13.7. The van der Waals surface area contributed by atoms with Crippen molar-refractivity contribution in [3.63, 3.8) is 0 Å². The molecule has 0 radical (unpaired) electrons. The van der Waals surface area contributed by atoms with Gasteiger partial charge in [-0.3, -0.25) is 19.2 Å². The molecule has 1 heterocycles. The second-order valence-corrected chi connectivity index (χ2v) is 10.3. The predicted octanol–water partition coefficient (Wildman–Crippen LogP) is 1.34. The maximum atomic E-state index is 13.5. The molecule has 1 aromatic heterocycles. The number of hydrogen-bond donors (Lipinski definition) is 7. The molecule has 0 saturated heterocycles. The minimum absolute atomic E-state index is 0.0159. The van der Waals surface area contributed by atoms with Crippen molar-refractivity contribution in [2.45, 2.75) is 63.7 Å². The van der Waals surface area contributed by atoms with E-state index in [-0.39, 0.29) is 18.8 Å². The molecule has 12 heteroatoms. The van der Waals surface area contributed by atoms with E-state index >= 15 is 0 Å². The molecule has 224 valence electrons. The fraction of sp³-hybridized carbons (Fsp3) is 0.367. The molecule has 0 fully saturated rings. The van der Waals surface area contributed by atoms with Gasteiger partial charge < -0.3 is 36.9 Å². The maximum absolute atomic E-state index is 13.5. The number of benzene rings is 2. The average molecular weight is 580 g/mol. The number of aromatic nitrogens is 1. The molecule has 5 unspecified atom stereocenters. The maximum Gasteiger partial charge on any atom is 0.326 e. The minimum atomic E-state index is -1.61. The highest BCUT2D eigenvalue weighted by Crippen LogP contribution is 2.19. The van der Waals surface area contributed by atoms with Gasteiger partial charge in [0.05, 0.1) is 12.5 Å². The Morgan fingerprint density at radius 1 is 0.810 bits per heavy atom. The molecule has 3 amide bonds. The van der Waals surface area contributed by atoms with E-state index in [0.717, 1.165) is 10.9 Å². The van der Waals surface area contributed by atoms with E-state index < -0.39 is 60.2 Å². The molecule has 0 spiro atoms. The lowest BCUT2D eigenvalue weighted by Crippen LogP contribution is -2.58. The third-order valence-electron chi connectivity index (χ3n) is 7.20. The summed E-state index contributed by atoms with van der Waals surface area (Å²) in [5.74, 6) is -5.26. The summed E-state index contributed by atoms with van der Waals surface area (Å²) < 4.78 is 0. The Labute approximate surface area is 243 Å². The van der Waals surface area contributed by atoms with Crippen LogP contribution in [0, 0.1) is 5.92 Å². The van der Waals surface area contributed by atoms with Gasteiger partial charge in [0.2, 0.25) is 17.7 Å². The van der Waals surface area contributed by atoms with Crippen molar-refractivity contribution in [3.8, 4) is 0 Å². The zero-order valence-electron chi connectivity index (χ0n) is 23.5. The Kier molecular flexibility index (Phi) is 11.2. The van der Waals surface area contributed by atoms with Crippen LogP contribution in [0.1, 0.15) is 37.8 Å². The highest BCUT2D eigenvalue weighted by molar-refractivity contribution is 5.96. The molecule has 3 aromatic rings. The van der Waals surface area contributed by atoms with Gasteiger partial charge in [0.25, 0.3) is 0 Å². The molecule has 0 aliphatic carbocycles. The molecule has 12 nitrogen and oxygen atoms in total. The normalized spacial score (nSPS) is 14.6. The molecular weight excluding hydrogens is 542 g/mol. The number of carboxylic acids is 2. The van der Waals surface area contributed by atoms with E-state index in [0.29, 0.717) is 17.5 Å². The van der Waals surface area contributed by atoms with E-state index in [9.17, 15) is 34.2 Å². The van der Waals surface area contributed by atoms with E-state index in [2.05, 4.69) is 20.9 Å². The lowest BCUT2D eigenvalue weighted by Gasteiger charge is -2.25. The monoisotopic (exact) mass is 579 g/mol. The summed E-state index contributed by atoms with van der Waals surface area (Å²) in [6.45, 7) is 3.69. The van der Waals surface area contributed by atoms with Gasteiger partial charge in [-0.15, -0.1) is 0 Å². The molecule has 0 bridgehead atoms. The number of fused-ring (bicyclic) bond motifs is 1. The second kappa shape index (κ2) is 14.8. The van der Waals surface area contributed by atoms with E-state index in [1.165, 1.54) is 0 Å². The number of aromatic amines is 1. The SMILES string of the molecule is CCC(C)C(N)C(=O)NC(Cc1c[nH]c2ccccc12)C(=O)NC(CC(=O)O)C(=O)NC(Cc1ccccc1)C(=O)O. The topological polar surface area (TPSA) is 204 Å². The first-order valence-electron chi connectivity index (χ1n) is 13.7. The van der Waals surface area contributed by atoms with Gasteiger partial charge in [0.1, 0.15) is 18.1 Å². The minimum Gasteiger partial charge on any atom is -0.481 e. The van der Waals surface area contributed by atoms with Gasteiger partial charge in [-0.1, -0.05) is 68.8 Å². The van der Waals surface area contributed by atoms with Crippen molar-refractivity contribution in [1.29, 1.82) is 0 Å². The number of nitrogens with two attached hydrogens (primary N) is 1. The van der Waals surface area contributed by atoms with Crippen LogP contribution in [0.3, 0.4) is 0 Å². The van der Waals surface area contributed by atoms with Crippen LogP contribution in [-0.2, 0) is 36.8 Å². The van der Waals surface area contributed by atoms with E-state index in [4.69, 9.17) is 5.73 Å². The molecule has 2 aromatic carbocycles. The summed E-state index contributed by atoms with van der Waals surface area (Å²) in [7, 11) is 0. The molecule has 0 saturated carbocycles.